The molecular weight excluding hydrogens is 480 g/mol. The molecule has 2 aromatic carbocycles. The van der Waals surface area contributed by atoms with Crippen molar-refractivity contribution < 1.29 is 9.29 Å². The molecule has 1 aliphatic heterocycles. The number of fused-ring (bicyclic) bond motifs is 1. The molecule has 1 unspecified atom stereocenters. The second kappa shape index (κ2) is 11.3. The summed E-state index contributed by atoms with van der Waals surface area (Å²) in [5.74, 6) is 0.942. The first-order valence-electron chi connectivity index (χ1n) is 13.4. The van der Waals surface area contributed by atoms with E-state index in [2.05, 4.69) is 34.3 Å². The highest BCUT2D eigenvalue weighted by Crippen LogP contribution is 2.41. The number of hydrogen-bond donors (Lipinski definition) is 1. The van der Waals surface area contributed by atoms with Gasteiger partial charge in [0.15, 0.2) is 21.7 Å². The first-order chi connectivity index (χ1) is 18.1. The largest absolute Gasteiger partial charge is 0.486 e. The summed E-state index contributed by atoms with van der Waals surface area (Å²) in [5.41, 5.74) is 4.86. The molecular formula is C30H37N4O2S+. The zero-order valence-corrected chi connectivity index (χ0v) is 22.9. The van der Waals surface area contributed by atoms with Crippen LogP contribution in [0.2, 0.25) is 0 Å². The average molecular weight is 518 g/mol. The van der Waals surface area contributed by atoms with Crippen LogP contribution < -0.4 is 4.74 Å². The SMILES string of the molecule is CC.C[S+](O)c1cccc(-c2cnn3cc(-c4ccc(OC5(CN6CCCCC6)CC5)cc4)cnc23)c1. The molecule has 2 fully saturated rings. The molecule has 6 rings (SSSR count). The molecule has 3 heterocycles. The zero-order chi connectivity index (χ0) is 25.8. The van der Waals surface area contributed by atoms with Crippen LogP contribution >= 0.6 is 0 Å². The van der Waals surface area contributed by atoms with Crippen molar-refractivity contribution in [3.8, 4) is 28.0 Å². The van der Waals surface area contributed by atoms with Gasteiger partial charge in [-0.1, -0.05) is 44.5 Å². The van der Waals surface area contributed by atoms with Crippen molar-refractivity contribution in [2.24, 2.45) is 0 Å². The molecule has 4 aromatic rings. The number of piperidine rings is 1. The standard InChI is InChI=1S/C28H31N4O2S.C2H6/c1-35(33)25-7-5-6-22(16-25)26-18-30-32-19-23(17-29-27(26)32)21-8-10-24(11-9-21)34-28(12-13-28)20-31-14-3-2-4-15-31;1-2/h5-11,16-19,33H,2-4,12-15,20H2,1H3;1-2H3/q+1;. The first kappa shape index (κ1) is 25.8. The van der Waals surface area contributed by atoms with Gasteiger partial charge in [0, 0.05) is 36.1 Å². The molecule has 0 radical (unpaired) electrons. The Bertz CT molecular complexity index is 1330. The summed E-state index contributed by atoms with van der Waals surface area (Å²) in [5, 5.41) is 4.55. The van der Waals surface area contributed by atoms with Crippen molar-refractivity contribution in [1.82, 2.24) is 19.5 Å². The van der Waals surface area contributed by atoms with Gasteiger partial charge in [-0.2, -0.15) is 9.65 Å². The predicted octanol–water partition coefficient (Wildman–Crippen LogP) is 6.57. The fraction of sp³-hybridized carbons (Fsp3) is 0.400. The summed E-state index contributed by atoms with van der Waals surface area (Å²) in [7, 11) is 0. The maximum atomic E-state index is 9.96. The van der Waals surface area contributed by atoms with Crippen molar-refractivity contribution in [2.75, 3.05) is 25.9 Å². The first-order valence-corrected chi connectivity index (χ1v) is 15.0. The van der Waals surface area contributed by atoms with E-state index < -0.39 is 11.2 Å². The minimum atomic E-state index is -0.780. The molecule has 194 valence electrons. The number of hydrogen-bond acceptors (Lipinski definition) is 5. The Morgan fingerprint density at radius 1 is 0.946 bits per heavy atom. The molecule has 0 spiro atoms. The van der Waals surface area contributed by atoms with E-state index >= 15 is 0 Å². The van der Waals surface area contributed by atoms with Gasteiger partial charge in [-0.3, -0.25) is 4.90 Å². The normalized spacial score (nSPS) is 17.6. The van der Waals surface area contributed by atoms with E-state index in [1.165, 1.54) is 32.4 Å². The number of nitrogens with zero attached hydrogens (tertiary/aromatic N) is 4. The van der Waals surface area contributed by atoms with Gasteiger partial charge in [0.05, 0.1) is 6.20 Å². The monoisotopic (exact) mass is 517 g/mol. The lowest BCUT2D eigenvalue weighted by molar-refractivity contribution is 0.101. The molecule has 0 amide bonds. The molecule has 2 aliphatic rings. The average Bonchev–Trinajstić information content (AvgIpc) is 3.55. The fourth-order valence-electron chi connectivity index (χ4n) is 5.00. The number of likely N-dealkylation sites (tertiary alicyclic amines) is 1. The lowest BCUT2D eigenvalue weighted by Gasteiger charge is -2.30. The van der Waals surface area contributed by atoms with Gasteiger partial charge in [-0.15, -0.1) is 0 Å². The number of ether oxygens (including phenoxy) is 1. The van der Waals surface area contributed by atoms with Crippen LogP contribution in [-0.2, 0) is 11.2 Å². The summed E-state index contributed by atoms with van der Waals surface area (Å²) < 4.78 is 18.2. The Labute approximate surface area is 222 Å². The number of aromatic nitrogens is 3. The fourth-order valence-corrected chi connectivity index (χ4v) is 5.57. The van der Waals surface area contributed by atoms with E-state index in [-0.39, 0.29) is 5.60 Å². The molecule has 2 aromatic heterocycles. The molecule has 37 heavy (non-hydrogen) atoms. The van der Waals surface area contributed by atoms with E-state index in [4.69, 9.17) is 9.72 Å². The Morgan fingerprint density at radius 3 is 2.41 bits per heavy atom. The van der Waals surface area contributed by atoms with Crippen LogP contribution in [0.1, 0.15) is 46.0 Å². The van der Waals surface area contributed by atoms with Crippen LogP contribution in [0.4, 0.5) is 0 Å². The van der Waals surface area contributed by atoms with Crippen LogP contribution in [-0.4, -0.2) is 55.5 Å². The molecule has 1 N–H and O–H groups in total. The molecule has 6 nitrogen and oxygen atoms in total. The quantitative estimate of drug-likeness (QED) is 0.281. The van der Waals surface area contributed by atoms with Crippen LogP contribution in [0.5, 0.6) is 5.75 Å². The second-order valence-electron chi connectivity index (χ2n) is 9.82. The van der Waals surface area contributed by atoms with Crippen molar-refractivity contribution >= 4 is 16.8 Å². The number of rotatable bonds is 7. The molecule has 1 saturated heterocycles. The van der Waals surface area contributed by atoms with E-state index in [1.54, 1.807) is 6.26 Å². The van der Waals surface area contributed by atoms with Crippen molar-refractivity contribution in [3.05, 3.63) is 67.1 Å². The summed E-state index contributed by atoms with van der Waals surface area (Å²) >= 11 is -0.780. The topological polar surface area (TPSA) is 62.9 Å². The third kappa shape index (κ3) is 5.84. The molecule has 0 bridgehead atoms. The van der Waals surface area contributed by atoms with Gasteiger partial charge in [-0.25, -0.2) is 9.50 Å². The Balaban J connectivity index is 0.00000137. The predicted molar refractivity (Wildman–Crippen MR) is 152 cm³/mol. The van der Waals surface area contributed by atoms with Crippen LogP contribution in [0.3, 0.4) is 0 Å². The van der Waals surface area contributed by atoms with E-state index in [0.29, 0.717) is 0 Å². The summed E-state index contributed by atoms with van der Waals surface area (Å²) in [6.07, 6.45) is 13.8. The van der Waals surface area contributed by atoms with Gasteiger partial charge >= 0.3 is 0 Å². The Morgan fingerprint density at radius 2 is 1.70 bits per heavy atom. The minimum absolute atomic E-state index is 0.0103. The number of benzene rings is 2. The van der Waals surface area contributed by atoms with Crippen molar-refractivity contribution in [1.29, 1.82) is 0 Å². The Hall–Kier alpha value is -2.87. The van der Waals surface area contributed by atoms with Gasteiger partial charge in [0.1, 0.15) is 17.6 Å². The smallest absolute Gasteiger partial charge is 0.190 e. The van der Waals surface area contributed by atoms with Gasteiger partial charge < -0.3 is 4.74 Å². The third-order valence-electron chi connectivity index (χ3n) is 7.13. The Kier molecular flexibility index (Phi) is 7.84. The zero-order valence-electron chi connectivity index (χ0n) is 22.1. The third-order valence-corrected chi connectivity index (χ3v) is 8.07. The maximum Gasteiger partial charge on any atom is 0.190 e. The molecule has 7 heteroatoms. The highest BCUT2D eigenvalue weighted by molar-refractivity contribution is 7.90. The van der Waals surface area contributed by atoms with Gasteiger partial charge in [0.25, 0.3) is 0 Å². The molecule has 1 aliphatic carbocycles. The lowest BCUT2D eigenvalue weighted by Crippen LogP contribution is -2.40. The highest BCUT2D eigenvalue weighted by Gasteiger charge is 2.46. The van der Waals surface area contributed by atoms with Gasteiger partial charge in [-0.05, 0) is 68.1 Å². The summed E-state index contributed by atoms with van der Waals surface area (Å²) in [6.45, 7) is 7.47. The van der Waals surface area contributed by atoms with Crippen LogP contribution in [0.15, 0.2) is 72.0 Å². The van der Waals surface area contributed by atoms with E-state index in [1.807, 2.05) is 61.2 Å². The van der Waals surface area contributed by atoms with Crippen LogP contribution in [0.25, 0.3) is 27.9 Å². The van der Waals surface area contributed by atoms with Crippen molar-refractivity contribution in [2.45, 2.75) is 56.4 Å². The van der Waals surface area contributed by atoms with Crippen molar-refractivity contribution in [3.63, 3.8) is 0 Å². The summed E-state index contributed by atoms with van der Waals surface area (Å²) in [4.78, 5) is 8.21. The van der Waals surface area contributed by atoms with E-state index in [9.17, 15) is 4.55 Å². The van der Waals surface area contributed by atoms with Gasteiger partial charge in [0.2, 0.25) is 0 Å². The summed E-state index contributed by atoms with van der Waals surface area (Å²) in [6, 6.07) is 16.3. The maximum absolute atomic E-state index is 9.96. The molecule has 1 saturated carbocycles. The minimum Gasteiger partial charge on any atom is -0.486 e. The second-order valence-corrected chi connectivity index (χ2v) is 11.2. The lowest BCUT2D eigenvalue weighted by atomic mass is 10.1. The van der Waals surface area contributed by atoms with Crippen LogP contribution in [0, 0.1) is 0 Å². The van der Waals surface area contributed by atoms with E-state index in [0.717, 1.165) is 57.9 Å². The highest BCUT2D eigenvalue weighted by atomic mass is 32.2. The molecule has 1 atom stereocenters.